The van der Waals surface area contributed by atoms with E-state index in [4.69, 9.17) is 13.9 Å². The van der Waals surface area contributed by atoms with Crippen LogP contribution in [0.1, 0.15) is 83.3 Å². The van der Waals surface area contributed by atoms with E-state index in [-0.39, 0.29) is 31.1 Å². The molecule has 53 heavy (non-hydrogen) atoms. The van der Waals surface area contributed by atoms with E-state index in [0.29, 0.717) is 24.2 Å². The van der Waals surface area contributed by atoms with Gasteiger partial charge in [-0.15, -0.1) is 6.58 Å². The highest BCUT2D eigenvalue weighted by Gasteiger charge is 2.63. The zero-order valence-electron chi connectivity index (χ0n) is 30.8. The topological polar surface area (TPSA) is 173 Å². The molecule has 0 unspecified atom stereocenters. The average molecular weight is 757 g/mol. The third kappa shape index (κ3) is 7.59. The molecule has 2 heterocycles. The zero-order valence-corrected chi connectivity index (χ0v) is 31.6. The summed E-state index contributed by atoms with van der Waals surface area (Å²) in [4.78, 5) is 57.1. The maximum absolute atomic E-state index is 15.8. The number of carbonyl (C=O) groups excluding carboxylic acids is 4. The molecular weight excluding hydrogens is 708 g/mol. The number of amides is 4. The van der Waals surface area contributed by atoms with Crippen LogP contribution in [0.15, 0.2) is 47.6 Å². The summed E-state index contributed by atoms with van der Waals surface area (Å²) in [5, 5.41) is 4.84. The third-order valence-corrected chi connectivity index (χ3v) is 12.9. The van der Waals surface area contributed by atoms with Gasteiger partial charge in [-0.2, -0.15) is 0 Å². The fraction of sp³-hybridized carbons (Fsp3) is 0.579. The van der Waals surface area contributed by atoms with Crippen LogP contribution in [0, 0.1) is 24.1 Å². The lowest BCUT2D eigenvalue weighted by molar-refractivity contribution is -0.143. The molecule has 3 N–H and O–H groups in total. The number of nitrogens with zero attached hydrogens (tertiary/aromatic N) is 1. The molecule has 288 valence electrons. The summed E-state index contributed by atoms with van der Waals surface area (Å²) in [5.41, 5.74) is -2.58. The summed E-state index contributed by atoms with van der Waals surface area (Å²) in [7, 11) is -2.54. The van der Waals surface area contributed by atoms with Gasteiger partial charge < -0.3 is 29.4 Å². The molecule has 15 heteroatoms. The molecule has 4 fully saturated rings. The Hall–Kier alpha value is -4.24. The number of rotatable bonds is 12. The van der Waals surface area contributed by atoms with Gasteiger partial charge in [0, 0.05) is 19.4 Å². The van der Waals surface area contributed by atoms with Crippen molar-refractivity contribution < 1.29 is 45.9 Å². The molecule has 1 aromatic heterocycles. The van der Waals surface area contributed by atoms with Gasteiger partial charge in [0.15, 0.2) is 0 Å². The van der Waals surface area contributed by atoms with Gasteiger partial charge in [-0.1, -0.05) is 32.9 Å². The van der Waals surface area contributed by atoms with E-state index >= 15 is 4.39 Å². The first kappa shape index (κ1) is 38.5. The minimum Gasteiger partial charge on any atom is -0.464 e. The lowest BCUT2D eigenvalue weighted by Crippen LogP contribution is -2.60. The van der Waals surface area contributed by atoms with Crippen LogP contribution in [0.5, 0.6) is 0 Å². The second-order valence-electron chi connectivity index (χ2n) is 15.9. The van der Waals surface area contributed by atoms with E-state index in [1.54, 1.807) is 45.9 Å². The molecule has 4 aliphatic rings. The molecule has 3 saturated carbocycles. The Labute approximate surface area is 309 Å². The van der Waals surface area contributed by atoms with Gasteiger partial charge in [-0.25, -0.2) is 17.6 Å². The van der Waals surface area contributed by atoms with Crippen LogP contribution in [0.3, 0.4) is 0 Å². The minimum atomic E-state index is -3.94. The van der Waals surface area contributed by atoms with Crippen molar-refractivity contribution in [1.29, 1.82) is 0 Å². The molecule has 6 rings (SSSR count). The van der Waals surface area contributed by atoms with Gasteiger partial charge in [0.25, 0.3) is 5.91 Å². The number of aryl methyl sites for hydroxylation is 1. The quantitative estimate of drug-likeness (QED) is 0.262. The van der Waals surface area contributed by atoms with Crippen LogP contribution in [-0.2, 0) is 39.5 Å². The van der Waals surface area contributed by atoms with Crippen LogP contribution >= 0.6 is 0 Å². The van der Waals surface area contributed by atoms with Crippen LogP contribution < -0.4 is 15.4 Å². The first-order valence-corrected chi connectivity index (χ1v) is 19.7. The minimum absolute atomic E-state index is 0.0996. The Kier molecular flexibility index (Phi) is 10.3. The van der Waals surface area contributed by atoms with Crippen molar-refractivity contribution in [3.63, 3.8) is 0 Å². The van der Waals surface area contributed by atoms with E-state index in [0.717, 1.165) is 31.2 Å². The van der Waals surface area contributed by atoms with E-state index in [1.165, 1.54) is 30.4 Å². The summed E-state index contributed by atoms with van der Waals surface area (Å²) < 4.78 is 60.6. The molecule has 1 aliphatic heterocycles. The van der Waals surface area contributed by atoms with Crippen molar-refractivity contribution in [3.05, 3.63) is 60.1 Å². The predicted molar refractivity (Wildman–Crippen MR) is 192 cm³/mol. The van der Waals surface area contributed by atoms with Crippen molar-refractivity contribution in [2.45, 2.75) is 114 Å². The Balaban J connectivity index is 1.34. The van der Waals surface area contributed by atoms with Gasteiger partial charge in [0.05, 0.1) is 23.6 Å². The van der Waals surface area contributed by atoms with Crippen LogP contribution in [0.4, 0.5) is 9.18 Å². The molecular formula is C38H49FN4O9S. The molecule has 2 aromatic rings. The average Bonchev–Trinajstić information content (AvgIpc) is 3.91. The number of hydrogen-bond donors (Lipinski definition) is 3. The first-order valence-electron chi connectivity index (χ1n) is 18.1. The summed E-state index contributed by atoms with van der Waals surface area (Å²) in [5.74, 6) is -3.06. The number of ether oxygens (including phenoxy) is 2. The molecule has 13 nitrogen and oxygen atoms in total. The number of methoxy groups -OCH3 is 1. The van der Waals surface area contributed by atoms with Gasteiger partial charge in [0.2, 0.25) is 21.8 Å². The van der Waals surface area contributed by atoms with Gasteiger partial charge in [-0.05, 0) is 86.6 Å². The standard InChI is InChI=1S/C38H49FN4O9S/c1-7-23-19-38(23,34(46)42-53(48,49)26-13-14-26)41-32(44)29-20-37(50-6,24-12-15-27(28(39)18-24)30-22(2)16-17-51-30)21-43(29)33(45)31(36(3,4)5)40-35(47)52-25-10-8-9-11-25/h7,12,15-18,23,25-26,29,31H,1,8-11,13-14,19-21H2,2-6H3,(H,40,47)(H,41,44)(H,42,46)/t23-,29+,31-,37+,38-/m1/s1. The highest BCUT2D eigenvalue weighted by molar-refractivity contribution is 7.91. The lowest BCUT2D eigenvalue weighted by atomic mass is 9.85. The number of nitrogens with one attached hydrogen (secondary N) is 3. The van der Waals surface area contributed by atoms with Crippen LogP contribution in [-0.4, -0.2) is 79.8 Å². The fourth-order valence-corrected chi connectivity index (χ4v) is 8.95. The van der Waals surface area contributed by atoms with Gasteiger partial charge >= 0.3 is 6.09 Å². The molecule has 5 atom stereocenters. The molecule has 1 saturated heterocycles. The number of carbonyl (C=O) groups is 4. The Morgan fingerprint density at radius 3 is 2.34 bits per heavy atom. The SMILES string of the molecule is C=C[C@@H]1C[C@]1(NC(=O)[C@@H]1C[C@@](OC)(c2ccc(-c3occc3C)c(F)c2)CN1C(=O)[C@@H](NC(=O)OC1CCCC1)C(C)(C)C)C(=O)NS(=O)(=O)C1CC1. The Morgan fingerprint density at radius 1 is 1.09 bits per heavy atom. The zero-order chi connectivity index (χ0) is 38.5. The molecule has 1 aromatic carbocycles. The predicted octanol–water partition coefficient (Wildman–Crippen LogP) is 4.59. The number of hydrogen-bond acceptors (Lipinski definition) is 9. The van der Waals surface area contributed by atoms with E-state index in [9.17, 15) is 27.6 Å². The van der Waals surface area contributed by atoms with Crippen LogP contribution in [0.25, 0.3) is 11.3 Å². The van der Waals surface area contributed by atoms with Crippen molar-refractivity contribution in [2.75, 3.05) is 13.7 Å². The molecule has 0 spiro atoms. The summed E-state index contributed by atoms with van der Waals surface area (Å²) in [6.07, 6.45) is 6.06. The first-order chi connectivity index (χ1) is 24.9. The second-order valence-corrected chi connectivity index (χ2v) is 17.9. The number of sulfonamides is 1. The number of likely N-dealkylation sites (tertiary alicyclic amines) is 1. The molecule has 4 amide bonds. The lowest BCUT2D eigenvalue weighted by Gasteiger charge is -2.36. The van der Waals surface area contributed by atoms with Gasteiger partial charge in [-0.3, -0.25) is 19.1 Å². The van der Waals surface area contributed by atoms with E-state index in [2.05, 4.69) is 21.9 Å². The number of benzene rings is 1. The van der Waals surface area contributed by atoms with Crippen LogP contribution in [0.2, 0.25) is 0 Å². The molecule has 0 bridgehead atoms. The normalized spacial score (nSPS) is 26.5. The highest BCUT2D eigenvalue weighted by Crippen LogP contribution is 2.47. The smallest absolute Gasteiger partial charge is 0.408 e. The summed E-state index contributed by atoms with van der Waals surface area (Å²) in [6.45, 7) is 10.6. The maximum atomic E-state index is 15.8. The molecule has 3 aliphatic carbocycles. The van der Waals surface area contributed by atoms with Crippen molar-refractivity contribution in [3.8, 4) is 11.3 Å². The number of halogens is 1. The second kappa shape index (κ2) is 14.2. The monoisotopic (exact) mass is 756 g/mol. The van der Waals surface area contributed by atoms with E-state index in [1.807, 2.05) is 0 Å². The number of furan rings is 1. The maximum Gasteiger partial charge on any atom is 0.408 e. The summed E-state index contributed by atoms with van der Waals surface area (Å²) in [6, 6.07) is 3.76. The largest absolute Gasteiger partial charge is 0.464 e. The van der Waals surface area contributed by atoms with Crippen molar-refractivity contribution >= 4 is 33.8 Å². The third-order valence-electron chi connectivity index (χ3n) is 11.1. The van der Waals surface area contributed by atoms with Crippen molar-refractivity contribution in [1.82, 2.24) is 20.3 Å². The highest BCUT2D eigenvalue weighted by atomic mass is 32.2. The summed E-state index contributed by atoms with van der Waals surface area (Å²) >= 11 is 0. The number of alkyl carbamates (subject to hydrolysis) is 1. The Morgan fingerprint density at radius 2 is 1.79 bits per heavy atom. The Bertz CT molecular complexity index is 1900. The fourth-order valence-electron chi connectivity index (χ4n) is 7.59. The van der Waals surface area contributed by atoms with E-state index < -0.39 is 79.5 Å². The van der Waals surface area contributed by atoms with Crippen molar-refractivity contribution in [2.24, 2.45) is 11.3 Å². The molecule has 0 radical (unpaired) electrons. The van der Waals surface area contributed by atoms with Gasteiger partial charge in [0.1, 0.15) is 40.9 Å².